The first-order valence-electron chi connectivity index (χ1n) is 8.55. The molecule has 1 heterocycles. The zero-order chi connectivity index (χ0) is 16.6. The number of nitriles is 1. The number of carbonyl (C=O) groups excluding carboxylic acids is 1. The van der Waals surface area contributed by atoms with E-state index in [1.807, 2.05) is 6.07 Å². The van der Waals surface area contributed by atoms with Gasteiger partial charge in [0.1, 0.15) is 12.2 Å². The Morgan fingerprint density at radius 2 is 2.04 bits per heavy atom. The summed E-state index contributed by atoms with van der Waals surface area (Å²) in [4.78, 5) is 13.7. The van der Waals surface area contributed by atoms with Gasteiger partial charge in [-0.2, -0.15) is 5.26 Å². The van der Waals surface area contributed by atoms with E-state index in [0.29, 0.717) is 17.9 Å². The van der Waals surface area contributed by atoms with E-state index in [9.17, 15) is 9.18 Å². The Morgan fingerprint density at radius 1 is 1.39 bits per heavy atom. The van der Waals surface area contributed by atoms with Crippen molar-refractivity contribution < 1.29 is 13.9 Å². The van der Waals surface area contributed by atoms with Crippen molar-refractivity contribution in [3.05, 3.63) is 0 Å². The molecular formula is C17H26FN3O2. The monoisotopic (exact) mass is 323 g/mol. The van der Waals surface area contributed by atoms with Crippen LogP contribution in [0.15, 0.2) is 0 Å². The number of rotatable bonds is 4. The minimum atomic E-state index is -1.07. The lowest BCUT2D eigenvalue weighted by Gasteiger charge is -2.29. The summed E-state index contributed by atoms with van der Waals surface area (Å²) in [7, 11) is 1.78. The summed E-state index contributed by atoms with van der Waals surface area (Å²) in [6.45, 7) is 2.41. The summed E-state index contributed by atoms with van der Waals surface area (Å²) in [5.41, 5.74) is -0.0410. The fraction of sp³-hybridized carbons (Fsp3) is 0.882. The lowest BCUT2D eigenvalue weighted by molar-refractivity contribution is -0.130. The molecular weight excluding hydrogens is 297 g/mol. The summed E-state index contributed by atoms with van der Waals surface area (Å²) >= 11 is 0. The Labute approximate surface area is 137 Å². The lowest BCUT2D eigenvalue weighted by Crippen LogP contribution is -2.48. The molecule has 0 bridgehead atoms. The van der Waals surface area contributed by atoms with Crippen molar-refractivity contribution in [2.75, 3.05) is 20.2 Å². The summed E-state index contributed by atoms with van der Waals surface area (Å²) in [5, 5.41) is 12.4. The Morgan fingerprint density at radius 3 is 2.61 bits per heavy atom. The van der Waals surface area contributed by atoms with E-state index in [4.69, 9.17) is 10.00 Å². The summed E-state index contributed by atoms with van der Waals surface area (Å²) in [6, 6.07) is 1.42. The molecule has 5 nitrogen and oxygen atoms in total. The van der Waals surface area contributed by atoms with Crippen LogP contribution in [-0.2, 0) is 9.53 Å². The Balaban J connectivity index is 1.51. The topological polar surface area (TPSA) is 65.4 Å². The van der Waals surface area contributed by atoms with Crippen LogP contribution in [0.25, 0.3) is 0 Å². The number of alkyl halides is 1. The van der Waals surface area contributed by atoms with Crippen molar-refractivity contribution in [1.82, 2.24) is 10.2 Å². The van der Waals surface area contributed by atoms with Gasteiger partial charge in [-0.05, 0) is 44.4 Å². The highest BCUT2D eigenvalue weighted by molar-refractivity contribution is 5.79. The number of hydrogen-bond donors (Lipinski definition) is 1. The Bertz CT molecular complexity index is 493. The van der Waals surface area contributed by atoms with Crippen LogP contribution in [0, 0.1) is 23.2 Å². The lowest BCUT2D eigenvalue weighted by atomic mass is 9.95. The second-order valence-corrected chi connectivity index (χ2v) is 7.70. The molecule has 1 N–H and O–H groups in total. The van der Waals surface area contributed by atoms with E-state index in [1.165, 1.54) is 4.90 Å². The van der Waals surface area contributed by atoms with Gasteiger partial charge in [0, 0.05) is 19.1 Å². The minimum Gasteiger partial charge on any atom is -0.381 e. The fourth-order valence-electron chi connectivity index (χ4n) is 4.81. The van der Waals surface area contributed by atoms with Crippen molar-refractivity contribution in [3.63, 3.8) is 0 Å². The maximum absolute atomic E-state index is 13.4. The van der Waals surface area contributed by atoms with Crippen LogP contribution in [0.3, 0.4) is 0 Å². The molecule has 2 aliphatic carbocycles. The highest BCUT2D eigenvalue weighted by Gasteiger charge is 2.47. The molecule has 3 fully saturated rings. The van der Waals surface area contributed by atoms with E-state index in [-0.39, 0.29) is 31.0 Å². The third-order valence-electron chi connectivity index (χ3n) is 5.94. The van der Waals surface area contributed by atoms with Crippen LogP contribution in [0.1, 0.15) is 39.0 Å². The SMILES string of the molecule is COC1C[C@@H]2CC(C)(NCC(=O)N3C[C@@H](F)C[C@H]3C#N)C[C@@H]2C1. The van der Waals surface area contributed by atoms with Gasteiger partial charge in [0.2, 0.25) is 5.91 Å². The van der Waals surface area contributed by atoms with Crippen LogP contribution in [0.2, 0.25) is 0 Å². The van der Waals surface area contributed by atoms with Crippen LogP contribution in [0.5, 0.6) is 0 Å². The molecule has 0 radical (unpaired) electrons. The van der Waals surface area contributed by atoms with Crippen molar-refractivity contribution >= 4 is 5.91 Å². The van der Waals surface area contributed by atoms with E-state index < -0.39 is 12.2 Å². The smallest absolute Gasteiger partial charge is 0.237 e. The average molecular weight is 323 g/mol. The number of amides is 1. The van der Waals surface area contributed by atoms with Crippen LogP contribution in [0.4, 0.5) is 4.39 Å². The highest BCUT2D eigenvalue weighted by Crippen LogP contribution is 2.49. The standard InChI is InChI=1S/C17H26FN3O2/c1-17(6-11-3-15(23-2)4-12(11)7-17)20-9-16(22)21-10-13(18)5-14(21)8-19/h11-15,20H,3-7,9-10H2,1-2H3/t11-,12+,13-,14-,15?,17?/m0/s1. The van der Waals surface area contributed by atoms with Gasteiger partial charge in [0.05, 0.1) is 25.3 Å². The molecule has 2 unspecified atom stereocenters. The number of nitrogens with zero attached hydrogens (tertiary/aromatic N) is 2. The largest absolute Gasteiger partial charge is 0.381 e. The van der Waals surface area contributed by atoms with Gasteiger partial charge in [-0.3, -0.25) is 4.79 Å². The first-order valence-corrected chi connectivity index (χ1v) is 8.55. The van der Waals surface area contributed by atoms with Gasteiger partial charge in [-0.1, -0.05) is 0 Å². The molecule has 0 spiro atoms. The number of ether oxygens (including phenoxy) is 1. The molecule has 1 amide bonds. The minimum absolute atomic E-state index is 0.0410. The average Bonchev–Trinajstić information content (AvgIpc) is 3.15. The van der Waals surface area contributed by atoms with E-state index >= 15 is 0 Å². The number of nitrogens with one attached hydrogen (secondary N) is 1. The second-order valence-electron chi connectivity index (χ2n) is 7.70. The summed E-state index contributed by atoms with van der Waals surface area (Å²) < 4.78 is 18.9. The first kappa shape index (κ1) is 16.7. The van der Waals surface area contributed by atoms with Crippen LogP contribution in [-0.4, -0.2) is 54.9 Å². The predicted octanol–water partition coefficient (Wildman–Crippen LogP) is 1.63. The molecule has 1 saturated heterocycles. The van der Waals surface area contributed by atoms with Gasteiger partial charge in [0.15, 0.2) is 0 Å². The van der Waals surface area contributed by atoms with Crippen molar-refractivity contribution in [3.8, 4) is 6.07 Å². The van der Waals surface area contributed by atoms with Crippen molar-refractivity contribution in [2.24, 2.45) is 11.8 Å². The number of methoxy groups -OCH3 is 1. The van der Waals surface area contributed by atoms with E-state index in [0.717, 1.165) is 25.7 Å². The molecule has 23 heavy (non-hydrogen) atoms. The first-order chi connectivity index (χ1) is 10.9. The third-order valence-corrected chi connectivity index (χ3v) is 5.94. The van der Waals surface area contributed by atoms with Gasteiger partial charge < -0.3 is 15.0 Å². The van der Waals surface area contributed by atoms with Crippen molar-refractivity contribution in [2.45, 2.75) is 62.9 Å². The molecule has 128 valence electrons. The van der Waals surface area contributed by atoms with Crippen LogP contribution < -0.4 is 5.32 Å². The van der Waals surface area contributed by atoms with Gasteiger partial charge in [-0.15, -0.1) is 0 Å². The molecule has 1 aliphatic heterocycles. The Hall–Kier alpha value is -1.19. The summed E-state index contributed by atoms with van der Waals surface area (Å²) in [6.07, 6.45) is 3.78. The fourth-order valence-corrected chi connectivity index (χ4v) is 4.81. The number of likely N-dealkylation sites (tertiary alicyclic amines) is 1. The molecule has 0 aromatic rings. The highest BCUT2D eigenvalue weighted by atomic mass is 19.1. The quantitative estimate of drug-likeness (QED) is 0.854. The van der Waals surface area contributed by atoms with Crippen molar-refractivity contribution in [1.29, 1.82) is 5.26 Å². The zero-order valence-corrected chi connectivity index (χ0v) is 13.9. The third kappa shape index (κ3) is 3.36. The maximum atomic E-state index is 13.4. The normalized spacial score (nSPS) is 42.7. The molecule has 0 aromatic heterocycles. The Kier molecular flexibility index (Phi) is 4.61. The summed E-state index contributed by atoms with van der Waals surface area (Å²) in [5.74, 6) is 1.17. The maximum Gasteiger partial charge on any atom is 0.237 e. The molecule has 6 atom stereocenters. The van der Waals surface area contributed by atoms with Gasteiger partial charge >= 0.3 is 0 Å². The number of halogens is 1. The second kappa shape index (κ2) is 6.37. The molecule has 2 saturated carbocycles. The molecule has 3 rings (SSSR count). The van der Waals surface area contributed by atoms with E-state index in [2.05, 4.69) is 12.2 Å². The number of hydrogen-bond acceptors (Lipinski definition) is 4. The van der Waals surface area contributed by atoms with Crippen LogP contribution >= 0.6 is 0 Å². The zero-order valence-electron chi connectivity index (χ0n) is 13.9. The van der Waals surface area contributed by atoms with Gasteiger partial charge in [-0.25, -0.2) is 4.39 Å². The number of fused-ring (bicyclic) bond motifs is 1. The van der Waals surface area contributed by atoms with Gasteiger partial charge in [0.25, 0.3) is 0 Å². The number of carbonyl (C=O) groups is 1. The molecule has 0 aromatic carbocycles. The van der Waals surface area contributed by atoms with E-state index in [1.54, 1.807) is 7.11 Å². The molecule has 6 heteroatoms. The predicted molar refractivity (Wildman–Crippen MR) is 83.3 cm³/mol. The molecule has 3 aliphatic rings.